The molecule has 3 heterocycles. The van der Waals surface area contributed by atoms with Gasteiger partial charge >= 0.3 is 0 Å². The van der Waals surface area contributed by atoms with Gasteiger partial charge in [0.2, 0.25) is 0 Å². The van der Waals surface area contributed by atoms with Crippen molar-refractivity contribution in [3.05, 3.63) is 23.1 Å². The van der Waals surface area contributed by atoms with E-state index in [1.165, 1.54) is 19.3 Å². The Hall–Kier alpha value is -1.13. The van der Waals surface area contributed by atoms with Gasteiger partial charge in [0.25, 0.3) is 0 Å². The summed E-state index contributed by atoms with van der Waals surface area (Å²) in [4.78, 5) is 9.23. The number of aryl methyl sites for hydroxylation is 1. The highest BCUT2D eigenvalue weighted by atomic mass is 35.5. The summed E-state index contributed by atoms with van der Waals surface area (Å²) in [6, 6.07) is 2.54. The first-order valence-electron chi connectivity index (χ1n) is 7.90. The van der Waals surface area contributed by atoms with Gasteiger partial charge in [0.1, 0.15) is 11.3 Å². The molecule has 1 aliphatic heterocycles. The summed E-state index contributed by atoms with van der Waals surface area (Å²) in [6.07, 6.45) is 6.78. The normalized spacial score (nSPS) is 19.5. The maximum atomic E-state index is 6.04. The average molecular weight is 307 g/mol. The van der Waals surface area contributed by atoms with E-state index in [0.29, 0.717) is 17.0 Å². The summed E-state index contributed by atoms with van der Waals surface area (Å²) >= 11 is 6.04. The molecule has 1 unspecified atom stereocenters. The topological polar surface area (TPSA) is 42.7 Å². The fraction of sp³-hybridized carbons (Fsp3) is 0.625. The number of halogens is 1. The van der Waals surface area contributed by atoms with Crippen LogP contribution < -0.4 is 5.32 Å². The number of nitrogens with one attached hydrogen (secondary N) is 1. The summed E-state index contributed by atoms with van der Waals surface area (Å²) in [5, 5.41) is 4.26. The second-order valence-electron chi connectivity index (χ2n) is 6.21. The van der Waals surface area contributed by atoms with Gasteiger partial charge in [0, 0.05) is 24.7 Å². The summed E-state index contributed by atoms with van der Waals surface area (Å²) in [5.74, 6) is 1.49. The largest absolute Gasteiger partial charge is 0.314 e. The number of imidazole rings is 1. The molecule has 1 aliphatic rings. The van der Waals surface area contributed by atoms with Crippen LogP contribution in [0, 0.1) is 0 Å². The smallest absolute Gasteiger partial charge is 0.160 e. The fourth-order valence-corrected chi connectivity index (χ4v) is 3.27. The van der Waals surface area contributed by atoms with Gasteiger partial charge in [0.15, 0.2) is 5.65 Å². The minimum atomic E-state index is 0.386. The van der Waals surface area contributed by atoms with Crippen molar-refractivity contribution in [1.29, 1.82) is 0 Å². The van der Waals surface area contributed by atoms with Crippen LogP contribution in [0.25, 0.3) is 11.2 Å². The van der Waals surface area contributed by atoms with Gasteiger partial charge in [-0.25, -0.2) is 9.97 Å². The van der Waals surface area contributed by atoms with Crippen LogP contribution in [0.4, 0.5) is 0 Å². The number of pyridine rings is 1. The fourth-order valence-electron chi connectivity index (χ4n) is 3.12. The highest BCUT2D eigenvalue weighted by Gasteiger charge is 2.17. The van der Waals surface area contributed by atoms with E-state index >= 15 is 0 Å². The number of hydrogen-bond donors (Lipinski definition) is 1. The molecule has 1 saturated heterocycles. The number of piperidine rings is 1. The van der Waals surface area contributed by atoms with Crippen molar-refractivity contribution in [1.82, 2.24) is 19.9 Å². The van der Waals surface area contributed by atoms with Crippen LogP contribution in [0.15, 0.2) is 12.3 Å². The van der Waals surface area contributed by atoms with Crippen molar-refractivity contribution in [3.63, 3.8) is 0 Å². The molecule has 0 radical (unpaired) electrons. The Kier molecular flexibility index (Phi) is 4.45. The molecule has 0 bridgehead atoms. The van der Waals surface area contributed by atoms with Gasteiger partial charge in [-0.15, -0.1) is 0 Å². The molecule has 1 fully saturated rings. The summed E-state index contributed by atoms with van der Waals surface area (Å²) < 4.78 is 2.27. The summed E-state index contributed by atoms with van der Waals surface area (Å²) in [6.45, 7) is 6.48. The lowest BCUT2D eigenvalue weighted by Crippen LogP contribution is -2.34. The van der Waals surface area contributed by atoms with Crippen molar-refractivity contribution < 1.29 is 0 Å². The van der Waals surface area contributed by atoms with Crippen LogP contribution in [0.3, 0.4) is 0 Å². The second kappa shape index (κ2) is 6.32. The van der Waals surface area contributed by atoms with Gasteiger partial charge in [-0.05, 0) is 31.9 Å². The lowest BCUT2D eigenvalue weighted by Gasteiger charge is -2.24. The van der Waals surface area contributed by atoms with Gasteiger partial charge in [-0.1, -0.05) is 31.9 Å². The standard InChI is InChI=1S/C16H23ClN4/c1-11(2)15-20-14-9-12(17)10-19-16(14)21(15)8-6-13-5-3-4-7-18-13/h9-11,13,18H,3-8H2,1-2H3. The van der Waals surface area contributed by atoms with E-state index in [4.69, 9.17) is 16.6 Å². The van der Waals surface area contributed by atoms with Crippen LogP contribution >= 0.6 is 11.6 Å². The van der Waals surface area contributed by atoms with E-state index < -0.39 is 0 Å². The third-order valence-electron chi connectivity index (χ3n) is 4.21. The second-order valence-corrected chi connectivity index (χ2v) is 6.64. The molecule has 0 saturated carbocycles. The van der Waals surface area contributed by atoms with Gasteiger partial charge in [-0.3, -0.25) is 0 Å². The maximum absolute atomic E-state index is 6.04. The Labute approximate surface area is 130 Å². The number of hydrogen-bond acceptors (Lipinski definition) is 3. The Morgan fingerprint density at radius 3 is 3.00 bits per heavy atom. The molecule has 5 heteroatoms. The molecule has 1 atom stereocenters. The maximum Gasteiger partial charge on any atom is 0.160 e. The Morgan fingerprint density at radius 2 is 2.29 bits per heavy atom. The van der Waals surface area contributed by atoms with Crippen LogP contribution in [0.5, 0.6) is 0 Å². The van der Waals surface area contributed by atoms with E-state index in [1.54, 1.807) is 6.20 Å². The van der Waals surface area contributed by atoms with Crippen molar-refractivity contribution in [2.45, 2.75) is 58.0 Å². The number of aromatic nitrogens is 3. The van der Waals surface area contributed by atoms with Crippen molar-refractivity contribution in [2.75, 3.05) is 6.54 Å². The molecule has 0 aromatic carbocycles. The lowest BCUT2D eigenvalue weighted by atomic mass is 10.0. The molecule has 4 nitrogen and oxygen atoms in total. The first-order valence-corrected chi connectivity index (χ1v) is 8.28. The molecule has 3 rings (SSSR count). The van der Waals surface area contributed by atoms with Gasteiger partial charge in [0.05, 0.1) is 5.02 Å². The minimum absolute atomic E-state index is 0.386. The van der Waals surface area contributed by atoms with E-state index in [0.717, 1.165) is 36.5 Å². The summed E-state index contributed by atoms with van der Waals surface area (Å²) in [5.41, 5.74) is 1.86. The zero-order valence-electron chi connectivity index (χ0n) is 12.8. The number of rotatable bonds is 4. The molecule has 1 N–H and O–H groups in total. The molecule has 114 valence electrons. The molecule has 0 aliphatic carbocycles. The zero-order chi connectivity index (χ0) is 14.8. The third-order valence-corrected chi connectivity index (χ3v) is 4.42. The molecule has 0 amide bonds. The van der Waals surface area contributed by atoms with Crippen molar-refractivity contribution in [3.8, 4) is 0 Å². The van der Waals surface area contributed by atoms with E-state index in [9.17, 15) is 0 Å². The Bertz CT molecular complexity index is 614. The van der Waals surface area contributed by atoms with E-state index in [2.05, 4.69) is 28.7 Å². The minimum Gasteiger partial charge on any atom is -0.314 e. The molecule has 21 heavy (non-hydrogen) atoms. The number of fused-ring (bicyclic) bond motifs is 1. The summed E-state index contributed by atoms with van der Waals surface area (Å²) in [7, 11) is 0. The highest BCUT2D eigenvalue weighted by molar-refractivity contribution is 6.31. The monoisotopic (exact) mass is 306 g/mol. The molecule has 2 aromatic heterocycles. The predicted octanol–water partition coefficient (Wildman–Crippen LogP) is 3.74. The van der Waals surface area contributed by atoms with E-state index in [-0.39, 0.29) is 0 Å². The molecular weight excluding hydrogens is 284 g/mol. The van der Waals surface area contributed by atoms with Crippen LogP contribution in [0.2, 0.25) is 5.02 Å². The Morgan fingerprint density at radius 1 is 1.43 bits per heavy atom. The van der Waals surface area contributed by atoms with Gasteiger partial charge < -0.3 is 9.88 Å². The van der Waals surface area contributed by atoms with Crippen LogP contribution in [0.1, 0.15) is 51.3 Å². The van der Waals surface area contributed by atoms with E-state index in [1.807, 2.05) is 6.07 Å². The third kappa shape index (κ3) is 3.22. The molecule has 0 spiro atoms. The molecule has 2 aromatic rings. The Balaban J connectivity index is 1.86. The average Bonchev–Trinajstić information content (AvgIpc) is 2.84. The number of nitrogens with zero attached hydrogens (tertiary/aromatic N) is 3. The van der Waals surface area contributed by atoms with Gasteiger partial charge in [-0.2, -0.15) is 0 Å². The SMILES string of the molecule is CC(C)c1nc2cc(Cl)cnc2n1CCC1CCCCN1. The highest BCUT2D eigenvalue weighted by Crippen LogP contribution is 2.23. The quantitative estimate of drug-likeness (QED) is 0.935. The van der Waals surface area contributed by atoms with Crippen molar-refractivity contribution >= 4 is 22.8 Å². The lowest BCUT2D eigenvalue weighted by molar-refractivity contribution is 0.365. The molecular formula is C16H23ClN4. The first-order chi connectivity index (χ1) is 10.1. The van der Waals surface area contributed by atoms with Crippen LogP contribution in [-0.4, -0.2) is 27.1 Å². The predicted molar refractivity (Wildman–Crippen MR) is 86.9 cm³/mol. The zero-order valence-corrected chi connectivity index (χ0v) is 13.5. The van der Waals surface area contributed by atoms with Crippen LogP contribution in [-0.2, 0) is 6.54 Å². The van der Waals surface area contributed by atoms with Crippen molar-refractivity contribution in [2.24, 2.45) is 0 Å². The first kappa shape index (κ1) is 14.8.